The molecule has 0 bridgehead atoms. The van der Waals surface area contributed by atoms with Crippen LogP contribution in [0.1, 0.15) is 67.0 Å². The van der Waals surface area contributed by atoms with Crippen molar-refractivity contribution < 1.29 is 4.79 Å². The molecule has 10 aromatic carbocycles. The molecule has 0 atom stereocenters. The number of carbonyl (C=O) groups is 1. The second-order valence-electron chi connectivity index (χ2n) is 21.0. The van der Waals surface area contributed by atoms with Crippen molar-refractivity contribution in [3.63, 3.8) is 0 Å². The maximum absolute atomic E-state index is 16.9. The van der Waals surface area contributed by atoms with Gasteiger partial charge in [-0.1, -0.05) is 249 Å². The SMILES string of the molecule is Cc1c(-c2ccc(C#N)cc2)ccc2c1N(Cc1cccc3ccccc13)C(=O)C2(Cc1cn(C(c2ccccc2)(c2ccccc2)c2ccccc2)cn1)Cc1cn(C(c2ccccc2)(c2ccccc2)c2ccccc2)cn1. The van der Waals surface area contributed by atoms with Crippen LogP contribution in [-0.2, 0) is 40.7 Å². The van der Waals surface area contributed by atoms with Gasteiger partial charge in [0.05, 0.1) is 53.3 Å². The van der Waals surface area contributed by atoms with Crippen LogP contribution in [0.4, 0.5) is 5.69 Å². The molecule has 0 fully saturated rings. The number of carbonyl (C=O) groups excluding carboxylic acids is 1. The van der Waals surface area contributed by atoms with Crippen molar-refractivity contribution in [1.82, 2.24) is 19.1 Å². The summed E-state index contributed by atoms with van der Waals surface area (Å²) in [7, 11) is 0. The van der Waals surface area contributed by atoms with Crippen LogP contribution in [0.5, 0.6) is 0 Å². The summed E-state index contributed by atoms with van der Waals surface area (Å²) in [5, 5.41) is 12.0. The summed E-state index contributed by atoms with van der Waals surface area (Å²) in [6.45, 7) is 2.48. The summed E-state index contributed by atoms with van der Waals surface area (Å²) in [4.78, 5) is 29.7. The fraction of sp³-hybridized carbons (Fsp3) is 0.0959. The Morgan fingerprint density at radius 3 is 1.32 bits per heavy atom. The fourth-order valence-corrected chi connectivity index (χ4v) is 13.0. The molecule has 0 radical (unpaired) electrons. The average Bonchev–Trinajstić information content (AvgIpc) is 4.36. The number of nitriles is 1. The standard InChI is InChI=1S/C73H56N6O/c1-53-66(56-41-39-54(47-74)40-42-56)43-44-68-69(53)79(48-57-25-22-24-55-23-20-21-38-67(55)57)70(80)71(68,45-64-49-77(51-75-64)72(58-26-8-2-9-27-58,59-28-10-3-11-29-59)60-30-12-4-13-31-60)46-65-50-78(52-76-65)73(61-32-14-5-15-33-61,62-34-16-6-17-35-62)63-36-18-7-19-37-63/h2-44,49-52H,45-46,48H2,1H3. The van der Waals surface area contributed by atoms with E-state index in [9.17, 15) is 5.26 Å². The molecule has 0 spiro atoms. The van der Waals surface area contributed by atoms with Crippen LogP contribution in [0, 0.1) is 18.3 Å². The molecule has 7 heteroatoms. The highest BCUT2D eigenvalue weighted by atomic mass is 16.2. The molecule has 0 N–H and O–H groups in total. The Kier molecular flexibility index (Phi) is 12.8. The van der Waals surface area contributed by atoms with E-state index in [0.717, 1.165) is 89.0 Å². The molecule has 0 unspecified atom stereocenters. The van der Waals surface area contributed by atoms with Gasteiger partial charge in [-0.25, -0.2) is 9.97 Å². The van der Waals surface area contributed by atoms with Gasteiger partial charge in [0.25, 0.3) is 0 Å². The Morgan fingerprint density at radius 1 is 0.475 bits per heavy atom. The molecule has 2 aromatic heterocycles. The van der Waals surface area contributed by atoms with E-state index in [1.165, 1.54) is 0 Å². The monoisotopic (exact) mass is 1030 g/mol. The van der Waals surface area contributed by atoms with Crippen LogP contribution in [0.3, 0.4) is 0 Å². The van der Waals surface area contributed by atoms with E-state index in [-0.39, 0.29) is 18.7 Å². The zero-order valence-corrected chi connectivity index (χ0v) is 44.3. The van der Waals surface area contributed by atoms with Gasteiger partial charge in [0.2, 0.25) is 5.91 Å². The lowest BCUT2D eigenvalue weighted by Gasteiger charge is -2.37. The lowest BCUT2D eigenvalue weighted by atomic mass is 9.73. The highest BCUT2D eigenvalue weighted by Crippen LogP contribution is 2.51. The first-order chi connectivity index (χ1) is 39.4. The van der Waals surface area contributed by atoms with Crippen molar-refractivity contribution >= 4 is 22.4 Å². The van der Waals surface area contributed by atoms with Crippen LogP contribution in [0.25, 0.3) is 21.9 Å². The number of anilines is 1. The zero-order chi connectivity index (χ0) is 54.1. The fourth-order valence-electron chi connectivity index (χ4n) is 13.0. The van der Waals surface area contributed by atoms with Crippen molar-refractivity contribution in [3.8, 4) is 17.2 Å². The quantitative estimate of drug-likeness (QED) is 0.0958. The van der Waals surface area contributed by atoms with Gasteiger partial charge in [-0.3, -0.25) is 4.79 Å². The highest BCUT2D eigenvalue weighted by molar-refractivity contribution is 6.10. The first kappa shape index (κ1) is 49.4. The molecule has 1 aliphatic heterocycles. The molecule has 0 aliphatic carbocycles. The van der Waals surface area contributed by atoms with Gasteiger partial charge < -0.3 is 14.0 Å². The molecule has 80 heavy (non-hydrogen) atoms. The lowest BCUT2D eigenvalue weighted by molar-refractivity contribution is -0.123. The third-order valence-corrected chi connectivity index (χ3v) is 16.6. The average molecular weight is 1030 g/mol. The summed E-state index contributed by atoms with van der Waals surface area (Å²) in [6.07, 6.45) is 8.78. The first-order valence-corrected chi connectivity index (χ1v) is 27.2. The smallest absolute Gasteiger partial charge is 0.238 e. The van der Waals surface area contributed by atoms with E-state index in [1.807, 2.05) is 41.8 Å². The number of hydrogen-bond acceptors (Lipinski definition) is 4. The molecule has 3 heterocycles. The first-order valence-electron chi connectivity index (χ1n) is 27.2. The Balaban J connectivity index is 1.04. The summed E-state index contributed by atoms with van der Waals surface area (Å²) < 4.78 is 4.48. The number of aromatic nitrogens is 4. The van der Waals surface area contributed by atoms with Crippen molar-refractivity contribution in [2.75, 3.05) is 4.90 Å². The van der Waals surface area contributed by atoms with E-state index < -0.39 is 16.5 Å². The Hall–Kier alpha value is -10.2. The minimum absolute atomic E-state index is 0.0227. The molecule has 0 saturated carbocycles. The largest absolute Gasteiger partial charge is 0.319 e. The van der Waals surface area contributed by atoms with Gasteiger partial charge in [-0.05, 0) is 91.0 Å². The number of amides is 1. The van der Waals surface area contributed by atoms with Crippen molar-refractivity contribution in [1.29, 1.82) is 5.26 Å². The Bertz CT molecular complexity index is 3820. The molecule has 1 aliphatic rings. The molecule has 1 amide bonds. The summed E-state index contributed by atoms with van der Waals surface area (Å²) >= 11 is 0. The van der Waals surface area contributed by atoms with Gasteiger partial charge in [-0.15, -0.1) is 0 Å². The Morgan fingerprint density at radius 2 is 0.887 bits per heavy atom. The van der Waals surface area contributed by atoms with Crippen LogP contribution in [-0.4, -0.2) is 25.0 Å². The third-order valence-electron chi connectivity index (χ3n) is 16.6. The van der Waals surface area contributed by atoms with Crippen LogP contribution >= 0.6 is 0 Å². The topological polar surface area (TPSA) is 79.7 Å². The van der Waals surface area contributed by atoms with E-state index >= 15 is 4.79 Å². The molecular formula is C73H56N6O. The number of imidazole rings is 2. The number of benzene rings is 10. The van der Waals surface area contributed by atoms with Crippen LogP contribution < -0.4 is 4.90 Å². The van der Waals surface area contributed by atoms with E-state index in [1.54, 1.807) is 0 Å². The van der Waals surface area contributed by atoms with E-state index in [0.29, 0.717) is 12.1 Å². The van der Waals surface area contributed by atoms with Gasteiger partial charge >= 0.3 is 0 Å². The number of nitrogens with zero attached hydrogens (tertiary/aromatic N) is 6. The second-order valence-corrected chi connectivity index (χ2v) is 21.0. The number of rotatable bonds is 15. The normalized spacial score (nSPS) is 13.1. The maximum Gasteiger partial charge on any atom is 0.238 e. The minimum atomic E-state index is -1.20. The van der Waals surface area contributed by atoms with Gasteiger partial charge in [0.1, 0.15) is 11.1 Å². The van der Waals surface area contributed by atoms with Crippen molar-refractivity contribution in [2.24, 2.45) is 0 Å². The lowest BCUT2D eigenvalue weighted by Crippen LogP contribution is -2.44. The van der Waals surface area contributed by atoms with Crippen LogP contribution in [0.15, 0.2) is 286 Å². The van der Waals surface area contributed by atoms with Crippen molar-refractivity contribution in [3.05, 3.63) is 353 Å². The maximum atomic E-state index is 16.9. The minimum Gasteiger partial charge on any atom is -0.319 e. The second kappa shape index (κ2) is 20.7. The zero-order valence-electron chi connectivity index (χ0n) is 44.3. The third kappa shape index (κ3) is 8.24. The Labute approximate surface area is 467 Å². The predicted molar refractivity (Wildman–Crippen MR) is 319 cm³/mol. The van der Waals surface area contributed by atoms with Gasteiger partial charge in [-0.2, -0.15) is 5.26 Å². The van der Waals surface area contributed by atoms with Gasteiger partial charge in [0.15, 0.2) is 0 Å². The molecular weight excluding hydrogens is 977 g/mol. The molecule has 13 rings (SSSR count). The molecule has 7 nitrogen and oxygen atoms in total. The predicted octanol–water partition coefficient (Wildman–Crippen LogP) is 15.0. The number of hydrogen-bond donors (Lipinski definition) is 0. The summed E-state index contributed by atoms with van der Waals surface area (Å²) in [6, 6.07) is 92.8. The summed E-state index contributed by atoms with van der Waals surface area (Å²) in [5.74, 6) is -0.0227. The van der Waals surface area contributed by atoms with Gasteiger partial charge in [0, 0.05) is 25.2 Å². The van der Waals surface area contributed by atoms with E-state index in [2.05, 4.69) is 271 Å². The van der Waals surface area contributed by atoms with E-state index in [4.69, 9.17) is 9.97 Å². The summed E-state index contributed by atoms with van der Waals surface area (Å²) in [5.41, 5.74) is 11.5. The molecule has 384 valence electrons. The molecule has 12 aromatic rings. The van der Waals surface area contributed by atoms with Crippen LogP contribution in [0.2, 0.25) is 0 Å². The van der Waals surface area contributed by atoms with Crippen molar-refractivity contribution in [2.45, 2.75) is 42.8 Å². The molecule has 0 saturated heterocycles. The number of fused-ring (bicyclic) bond motifs is 2. The highest BCUT2D eigenvalue weighted by Gasteiger charge is 2.53.